The Balaban J connectivity index is 2.61. The molecule has 1 unspecified atom stereocenters. The number of amides is 1. The number of carbonyl (C=O) groups excluding carboxylic acids is 1. The lowest BCUT2D eigenvalue weighted by Gasteiger charge is -2.12. The topological polar surface area (TPSA) is 41.1 Å². The van der Waals surface area contributed by atoms with E-state index in [0.717, 1.165) is 6.54 Å². The summed E-state index contributed by atoms with van der Waals surface area (Å²) in [6.07, 6.45) is 0. The van der Waals surface area contributed by atoms with Gasteiger partial charge in [-0.15, -0.1) is 0 Å². The van der Waals surface area contributed by atoms with Gasteiger partial charge in [0.15, 0.2) is 0 Å². The van der Waals surface area contributed by atoms with E-state index in [4.69, 9.17) is 11.6 Å². The summed E-state index contributed by atoms with van der Waals surface area (Å²) in [5, 5.41) is 6.03. The van der Waals surface area contributed by atoms with E-state index >= 15 is 0 Å². The lowest BCUT2D eigenvalue weighted by atomic mass is 10.1. The van der Waals surface area contributed by atoms with Crippen LogP contribution in [0.4, 0.5) is 4.39 Å². The molecule has 94 valence electrons. The van der Waals surface area contributed by atoms with Gasteiger partial charge in [0.1, 0.15) is 5.82 Å². The van der Waals surface area contributed by atoms with E-state index in [9.17, 15) is 9.18 Å². The van der Waals surface area contributed by atoms with Crippen molar-refractivity contribution < 1.29 is 9.18 Å². The minimum absolute atomic E-state index is 0.0193. The van der Waals surface area contributed by atoms with Crippen LogP contribution in [0.3, 0.4) is 0 Å². The molecule has 0 bridgehead atoms. The van der Waals surface area contributed by atoms with Crippen LogP contribution in [0.1, 0.15) is 17.3 Å². The first-order valence-electron chi connectivity index (χ1n) is 5.42. The van der Waals surface area contributed by atoms with Crippen LogP contribution in [-0.2, 0) is 0 Å². The van der Waals surface area contributed by atoms with Crippen molar-refractivity contribution in [3.63, 3.8) is 0 Å². The number of nitrogens with one attached hydrogen (secondary N) is 2. The van der Waals surface area contributed by atoms with Gasteiger partial charge in [0.2, 0.25) is 0 Å². The molecule has 1 rings (SSSR count). The lowest BCUT2D eigenvalue weighted by Crippen LogP contribution is -2.32. The summed E-state index contributed by atoms with van der Waals surface area (Å²) in [5.74, 6) is -0.715. The zero-order valence-electron chi connectivity index (χ0n) is 9.89. The molecular formula is C12H16ClFN2O. The first-order chi connectivity index (χ1) is 8.04. The Morgan fingerprint density at radius 2 is 2.18 bits per heavy atom. The molecule has 0 aliphatic heterocycles. The molecular weight excluding hydrogens is 243 g/mol. The molecule has 0 saturated carbocycles. The van der Waals surface area contributed by atoms with E-state index in [2.05, 4.69) is 10.6 Å². The molecule has 5 heteroatoms. The van der Waals surface area contributed by atoms with Crippen LogP contribution < -0.4 is 10.6 Å². The van der Waals surface area contributed by atoms with Crippen molar-refractivity contribution in [2.75, 3.05) is 20.1 Å². The molecule has 17 heavy (non-hydrogen) atoms. The fraction of sp³-hybridized carbons (Fsp3) is 0.417. The predicted molar refractivity (Wildman–Crippen MR) is 66.8 cm³/mol. The van der Waals surface area contributed by atoms with Gasteiger partial charge in [-0.05, 0) is 37.7 Å². The summed E-state index contributed by atoms with van der Waals surface area (Å²) in [7, 11) is 1.84. The zero-order valence-corrected chi connectivity index (χ0v) is 10.6. The van der Waals surface area contributed by atoms with Crippen molar-refractivity contribution in [3.8, 4) is 0 Å². The van der Waals surface area contributed by atoms with E-state index in [0.29, 0.717) is 11.6 Å². The third kappa shape index (κ3) is 4.32. The van der Waals surface area contributed by atoms with Gasteiger partial charge in [-0.1, -0.05) is 18.5 Å². The lowest BCUT2D eigenvalue weighted by molar-refractivity contribution is 0.0944. The first kappa shape index (κ1) is 13.9. The molecule has 0 fully saturated rings. The second kappa shape index (κ2) is 6.57. The normalized spacial score (nSPS) is 12.2. The monoisotopic (exact) mass is 258 g/mol. The summed E-state index contributed by atoms with van der Waals surface area (Å²) in [5.41, 5.74) is -0.0193. The highest BCUT2D eigenvalue weighted by molar-refractivity contribution is 6.30. The Hall–Kier alpha value is -1.13. The Morgan fingerprint density at radius 3 is 2.82 bits per heavy atom. The molecule has 0 radical (unpaired) electrons. The molecule has 1 atom stereocenters. The minimum atomic E-state index is -0.562. The SMILES string of the molecule is CNCC(C)CNC(=O)c1cc(Cl)ccc1F. The van der Waals surface area contributed by atoms with Crippen molar-refractivity contribution in [2.24, 2.45) is 5.92 Å². The van der Waals surface area contributed by atoms with Crippen LogP contribution in [0.25, 0.3) is 0 Å². The second-order valence-electron chi connectivity index (χ2n) is 4.00. The molecule has 0 spiro atoms. The number of rotatable bonds is 5. The third-order valence-electron chi connectivity index (χ3n) is 2.34. The number of benzene rings is 1. The quantitative estimate of drug-likeness (QED) is 0.849. The van der Waals surface area contributed by atoms with Gasteiger partial charge in [-0.25, -0.2) is 4.39 Å². The number of hydrogen-bond donors (Lipinski definition) is 2. The Kier molecular flexibility index (Phi) is 5.38. The predicted octanol–water partition coefficient (Wildman–Crippen LogP) is 2.06. The van der Waals surface area contributed by atoms with Gasteiger partial charge in [0.05, 0.1) is 5.56 Å². The van der Waals surface area contributed by atoms with E-state index in [1.54, 1.807) is 0 Å². The largest absolute Gasteiger partial charge is 0.352 e. The highest BCUT2D eigenvalue weighted by Crippen LogP contribution is 2.14. The van der Waals surface area contributed by atoms with Crippen LogP contribution in [0.2, 0.25) is 5.02 Å². The van der Waals surface area contributed by atoms with Gasteiger partial charge < -0.3 is 10.6 Å². The molecule has 2 N–H and O–H groups in total. The highest BCUT2D eigenvalue weighted by atomic mass is 35.5. The summed E-state index contributed by atoms with van der Waals surface area (Å²) >= 11 is 5.72. The first-order valence-corrected chi connectivity index (χ1v) is 5.80. The second-order valence-corrected chi connectivity index (χ2v) is 4.43. The summed E-state index contributed by atoms with van der Waals surface area (Å²) in [6.45, 7) is 3.27. The molecule has 0 heterocycles. The number of carbonyl (C=O) groups is 1. The number of halogens is 2. The third-order valence-corrected chi connectivity index (χ3v) is 2.57. The van der Waals surface area contributed by atoms with Gasteiger partial charge in [-0.2, -0.15) is 0 Å². The van der Waals surface area contributed by atoms with E-state index in [1.807, 2.05) is 14.0 Å². The van der Waals surface area contributed by atoms with E-state index in [-0.39, 0.29) is 11.5 Å². The van der Waals surface area contributed by atoms with Gasteiger partial charge in [-0.3, -0.25) is 4.79 Å². The standard InChI is InChI=1S/C12H16ClFN2O/c1-8(6-15-2)7-16-12(17)10-5-9(13)3-4-11(10)14/h3-5,8,15H,6-7H2,1-2H3,(H,16,17). The van der Waals surface area contributed by atoms with Gasteiger partial charge in [0.25, 0.3) is 5.91 Å². The van der Waals surface area contributed by atoms with Crippen molar-refractivity contribution in [1.29, 1.82) is 0 Å². The van der Waals surface area contributed by atoms with Crippen molar-refractivity contribution in [2.45, 2.75) is 6.92 Å². The molecule has 0 aromatic heterocycles. The molecule has 1 aromatic rings. The maximum absolute atomic E-state index is 13.4. The molecule has 1 amide bonds. The average Bonchev–Trinajstić information content (AvgIpc) is 2.29. The average molecular weight is 259 g/mol. The Morgan fingerprint density at radius 1 is 1.47 bits per heavy atom. The number of hydrogen-bond acceptors (Lipinski definition) is 2. The minimum Gasteiger partial charge on any atom is -0.352 e. The molecule has 0 saturated heterocycles. The van der Waals surface area contributed by atoms with Crippen molar-refractivity contribution in [1.82, 2.24) is 10.6 Å². The maximum atomic E-state index is 13.4. The van der Waals surface area contributed by atoms with Crippen LogP contribution in [0, 0.1) is 11.7 Å². The van der Waals surface area contributed by atoms with E-state index < -0.39 is 11.7 Å². The molecule has 1 aromatic carbocycles. The van der Waals surface area contributed by atoms with Crippen LogP contribution in [-0.4, -0.2) is 26.0 Å². The molecule has 3 nitrogen and oxygen atoms in total. The van der Waals surface area contributed by atoms with Crippen LogP contribution >= 0.6 is 11.6 Å². The Labute approximate surface area is 105 Å². The van der Waals surface area contributed by atoms with Gasteiger partial charge >= 0.3 is 0 Å². The van der Waals surface area contributed by atoms with Crippen molar-refractivity contribution >= 4 is 17.5 Å². The zero-order chi connectivity index (χ0) is 12.8. The van der Waals surface area contributed by atoms with Gasteiger partial charge in [0, 0.05) is 11.6 Å². The van der Waals surface area contributed by atoms with Crippen molar-refractivity contribution in [3.05, 3.63) is 34.6 Å². The van der Waals surface area contributed by atoms with E-state index in [1.165, 1.54) is 18.2 Å². The summed E-state index contributed by atoms with van der Waals surface area (Å²) in [6, 6.07) is 3.93. The smallest absolute Gasteiger partial charge is 0.254 e. The highest BCUT2D eigenvalue weighted by Gasteiger charge is 2.12. The summed E-state index contributed by atoms with van der Waals surface area (Å²) < 4.78 is 13.4. The molecule has 0 aliphatic carbocycles. The maximum Gasteiger partial charge on any atom is 0.254 e. The van der Waals surface area contributed by atoms with Crippen LogP contribution in [0.5, 0.6) is 0 Å². The fourth-order valence-corrected chi connectivity index (χ4v) is 1.63. The fourth-order valence-electron chi connectivity index (χ4n) is 1.45. The van der Waals surface area contributed by atoms with Crippen LogP contribution in [0.15, 0.2) is 18.2 Å². The molecule has 0 aliphatic rings. The Bertz CT molecular complexity index is 398. The summed E-state index contributed by atoms with van der Waals surface area (Å²) in [4.78, 5) is 11.7.